The number of aromatic nitrogens is 2. The van der Waals surface area contributed by atoms with E-state index in [0.29, 0.717) is 6.10 Å². The maximum Gasteiger partial charge on any atom is 0.0522 e. The molecule has 0 aromatic carbocycles. The Hall–Kier alpha value is -0.870. The summed E-state index contributed by atoms with van der Waals surface area (Å²) in [5.41, 5.74) is 1.26. The van der Waals surface area contributed by atoms with Crippen molar-refractivity contribution in [3.63, 3.8) is 0 Å². The molecule has 0 amide bonds. The first-order chi connectivity index (χ1) is 8.24. The SMILES string of the molecule is CCCn1nccc1CNCCCOC(C)C. The van der Waals surface area contributed by atoms with Crippen LogP contribution in [0.25, 0.3) is 0 Å². The van der Waals surface area contributed by atoms with Gasteiger partial charge in [-0.1, -0.05) is 6.92 Å². The lowest BCUT2D eigenvalue weighted by Gasteiger charge is -2.09. The molecule has 1 heterocycles. The van der Waals surface area contributed by atoms with E-state index >= 15 is 0 Å². The third-order valence-corrected chi connectivity index (χ3v) is 2.50. The van der Waals surface area contributed by atoms with Gasteiger partial charge in [-0.3, -0.25) is 4.68 Å². The van der Waals surface area contributed by atoms with Crippen LogP contribution in [0.4, 0.5) is 0 Å². The highest BCUT2D eigenvalue weighted by atomic mass is 16.5. The van der Waals surface area contributed by atoms with Gasteiger partial charge in [0.05, 0.1) is 11.8 Å². The Labute approximate surface area is 104 Å². The number of nitrogens with zero attached hydrogens (tertiary/aromatic N) is 2. The summed E-state index contributed by atoms with van der Waals surface area (Å²) in [5.74, 6) is 0. The quantitative estimate of drug-likeness (QED) is 0.671. The molecule has 0 aliphatic heterocycles. The van der Waals surface area contributed by atoms with Crippen molar-refractivity contribution in [1.29, 1.82) is 0 Å². The second-order valence-electron chi connectivity index (χ2n) is 4.50. The maximum absolute atomic E-state index is 5.48. The van der Waals surface area contributed by atoms with Crippen molar-refractivity contribution in [3.8, 4) is 0 Å². The molecular formula is C13H25N3O. The minimum atomic E-state index is 0.334. The van der Waals surface area contributed by atoms with Crippen LogP contribution in [0.5, 0.6) is 0 Å². The van der Waals surface area contributed by atoms with Gasteiger partial charge >= 0.3 is 0 Å². The molecule has 0 saturated heterocycles. The summed E-state index contributed by atoms with van der Waals surface area (Å²) in [6, 6.07) is 2.08. The highest BCUT2D eigenvalue weighted by molar-refractivity contribution is 4.99. The minimum absolute atomic E-state index is 0.334. The zero-order chi connectivity index (χ0) is 12.5. The van der Waals surface area contributed by atoms with Crippen LogP contribution < -0.4 is 5.32 Å². The highest BCUT2D eigenvalue weighted by Gasteiger charge is 2.00. The Kier molecular flexibility index (Phi) is 6.89. The molecule has 0 unspecified atom stereocenters. The number of rotatable bonds is 9. The van der Waals surface area contributed by atoms with Gasteiger partial charge in [0.1, 0.15) is 0 Å². The van der Waals surface area contributed by atoms with Crippen molar-refractivity contribution in [1.82, 2.24) is 15.1 Å². The van der Waals surface area contributed by atoms with E-state index < -0.39 is 0 Å². The maximum atomic E-state index is 5.48. The summed E-state index contributed by atoms with van der Waals surface area (Å²) < 4.78 is 7.55. The van der Waals surface area contributed by atoms with E-state index in [4.69, 9.17) is 4.74 Å². The summed E-state index contributed by atoms with van der Waals surface area (Å²) in [6.45, 7) is 10.0. The predicted octanol–water partition coefficient (Wildman–Crippen LogP) is 2.20. The average Bonchev–Trinajstić information content (AvgIpc) is 2.71. The number of ether oxygens (including phenoxy) is 1. The summed E-state index contributed by atoms with van der Waals surface area (Å²) in [4.78, 5) is 0. The average molecular weight is 239 g/mol. The minimum Gasteiger partial charge on any atom is -0.379 e. The molecule has 0 spiro atoms. The van der Waals surface area contributed by atoms with Gasteiger partial charge in [0.25, 0.3) is 0 Å². The third-order valence-electron chi connectivity index (χ3n) is 2.50. The lowest BCUT2D eigenvalue weighted by molar-refractivity contribution is 0.0770. The van der Waals surface area contributed by atoms with Crippen LogP contribution in [0.15, 0.2) is 12.3 Å². The molecule has 4 heteroatoms. The smallest absolute Gasteiger partial charge is 0.0522 e. The fourth-order valence-electron chi connectivity index (χ4n) is 1.66. The molecule has 1 rings (SSSR count). The number of hydrogen-bond acceptors (Lipinski definition) is 3. The van der Waals surface area contributed by atoms with Gasteiger partial charge in [0.2, 0.25) is 0 Å². The van der Waals surface area contributed by atoms with Crippen LogP contribution in [0.1, 0.15) is 39.3 Å². The second kappa shape index (κ2) is 8.25. The van der Waals surface area contributed by atoms with E-state index in [9.17, 15) is 0 Å². The lowest BCUT2D eigenvalue weighted by atomic mass is 10.3. The second-order valence-corrected chi connectivity index (χ2v) is 4.50. The van der Waals surface area contributed by atoms with Crippen molar-refractivity contribution in [3.05, 3.63) is 18.0 Å². The molecule has 98 valence electrons. The molecule has 0 aliphatic carbocycles. The lowest BCUT2D eigenvalue weighted by Crippen LogP contribution is -2.19. The Bertz CT molecular complexity index is 297. The van der Waals surface area contributed by atoms with Gasteiger partial charge in [0, 0.05) is 25.9 Å². The fraction of sp³-hybridized carbons (Fsp3) is 0.769. The van der Waals surface area contributed by atoms with E-state index in [-0.39, 0.29) is 0 Å². The molecule has 0 bridgehead atoms. The van der Waals surface area contributed by atoms with Crippen LogP contribution in [-0.4, -0.2) is 29.0 Å². The zero-order valence-corrected chi connectivity index (χ0v) is 11.3. The third kappa shape index (κ3) is 5.84. The molecule has 1 N–H and O–H groups in total. The Balaban J connectivity index is 2.11. The predicted molar refractivity (Wildman–Crippen MR) is 69.9 cm³/mol. The van der Waals surface area contributed by atoms with Gasteiger partial charge in [-0.15, -0.1) is 0 Å². The van der Waals surface area contributed by atoms with Crippen LogP contribution in [0, 0.1) is 0 Å². The van der Waals surface area contributed by atoms with Crippen LogP contribution in [0.3, 0.4) is 0 Å². The molecule has 0 atom stereocenters. The van der Waals surface area contributed by atoms with E-state index in [1.807, 2.05) is 6.20 Å². The number of nitrogens with one attached hydrogen (secondary N) is 1. The zero-order valence-electron chi connectivity index (χ0n) is 11.3. The van der Waals surface area contributed by atoms with Crippen molar-refractivity contribution >= 4 is 0 Å². The topological polar surface area (TPSA) is 39.1 Å². The molecule has 0 saturated carbocycles. The van der Waals surface area contributed by atoms with Gasteiger partial charge in [-0.05, 0) is 39.3 Å². The Morgan fingerprint density at radius 3 is 3.00 bits per heavy atom. The first-order valence-corrected chi connectivity index (χ1v) is 6.57. The van der Waals surface area contributed by atoms with Gasteiger partial charge in [-0.25, -0.2) is 0 Å². The first-order valence-electron chi connectivity index (χ1n) is 6.57. The molecule has 1 aromatic heterocycles. The van der Waals surface area contributed by atoms with Crippen LogP contribution in [-0.2, 0) is 17.8 Å². The van der Waals surface area contributed by atoms with E-state index in [1.54, 1.807) is 0 Å². The molecule has 0 radical (unpaired) electrons. The molecule has 0 fully saturated rings. The monoisotopic (exact) mass is 239 g/mol. The molecule has 17 heavy (non-hydrogen) atoms. The molecule has 4 nitrogen and oxygen atoms in total. The molecular weight excluding hydrogens is 214 g/mol. The van der Waals surface area contributed by atoms with Crippen molar-refractivity contribution < 1.29 is 4.74 Å². The Morgan fingerprint density at radius 1 is 1.47 bits per heavy atom. The molecule has 1 aromatic rings. The first kappa shape index (κ1) is 14.2. The van der Waals surface area contributed by atoms with Gasteiger partial charge in [-0.2, -0.15) is 5.10 Å². The Morgan fingerprint density at radius 2 is 2.29 bits per heavy atom. The summed E-state index contributed by atoms with van der Waals surface area (Å²) in [7, 11) is 0. The van der Waals surface area contributed by atoms with Crippen LogP contribution in [0.2, 0.25) is 0 Å². The van der Waals surface area contributed by atoms with E-state index in [2.05, 4.69) is 41.9 Å². The highest BCUT2D eigenvalue weighted by Crippen LogP contribution is 1.99. The van der Waals surface area contributed by atoms with Crippen molar-refractivity contribution in [2.45, 2.75) is 52.8 Å². The number of hydrogen-bond donors (Lipinski definition) is 1. The largest absolute Gasteiger partial charge is 0.379 e. The fourth-order valence-corrected chi connectivity index (χ4v) is 1.66. The van der Waals surface area contributed by atoms with Crippen molar-refractivity contribution in [2.24, 2.45) is 0 Å². The van der Waals surface area contributed by atoms with Crippen LogP contribution >= 0.6 is 0 Å². The number of aryl methyl sites for hydroxylation is 1. The normalized spacial score (nSPS) is 11.3. The summed E-state index contributed by atoms with van der Waals surface area (Å²) in [5, 5.41) is 7.72. The van der Waals surface area contributed by atoms with E-state index in [1.165, 1.54) is 5.69 Å². The van der Waals surface area contributed by atoms with Crippen molar-refractivity contribution in [2.75, 3.05) is 13.2 Å². The molecule has 0 aliphatic rings. The summed E-state index contributed by atoms with van der Waals surface area (Å²) >= 11 is 0. The van der Waals surface area contributed by atoms with Gasteiger partial charge < -0.3 is 10.1 Å². The summed E-state index contributed by atoms with van der Waals surface area (Å²) in [6.07, 6.45) is 4.38. The standard InChI is InChI=1S/C13H25N3O/c1-4-9-16-13(6-8-15-16)11-14-7-5-10-17-12(2)3/h6,8,12,14H,4-5,7,9-11H2,1-3H3. The van der Waals surface area contributed by atoms with Gasteiger partial charge in [0.15, 0.2) is 0 Å². The van der Waals surface area contributed by atoms with E-state index in [0.717, 1.165) is 39.1 Å².